The number of halogens is 1. The minimum absolute atomic E-state index is 0.00680. The molecule has 1 spiro atoms. The van der Waals surface area contributed by atoms with Crippen LogP contribution in [0.1, 0.15) is 49.7 Å². The molecule has 2 aromatic rings. The zero-order valence-corrected chi connectivity index (χ0v) is 22.3. The number of nitrogen functional groups attached to an aromatic ring is 2. The van der Waals surface area contributed by atoms with Crippen LogP contribution in [0.4, 0.5) is 22.1 Å². The van der Waals surface area contributed by atoms with E-state index in [-0.39, 0.29) is 40.1 Å². The highest BCUT2D eigenvalue weighted by molar-refractivity contribution is 6.31. The van der Waals surface area contributed by atoms with Crippen LogP contribution in [0.15, 0.2) is 29.3 Å². The number of hydrogen-bond donors (Lipinski definition) is 7. The maximum absolute atomic E-state index is 12.6. The first-order chi connectivity index (χ1) is 17.9. The first-order valence-corrected chi connectivity index (χ1v) is 12.7. The third kappa shape index (κ3) is 5.90. The fourth-order valence-corrected chi connectivity index (χ4v) is 4.72. The molecular weight excluding hydrogens is 512 g/mol. The predicted molar refractivity (Wildman–Crippen MR) is 146 cm³/mol. The van der Waals surface area contributed by atoms with Crippen LogP contribution in [0.5, 0.6) is 0 Å². The Morgan fingerprint density at radius 2 is 1.95 bits per heavy atom. The lowest BCUT2D eigenvalue weighted by atomic mass is 9.86. The van der Waals surface area contributed by atoms with Crippen LogP contribution in [0.3, 0.4) is 0 Å². The summed E-state index contributed by atoms with van der Waals surface area (Å²) in [5, 5.41) is 23.4. The molecule has 4 rings (SSSR count). The average molecular weight is 545 g/mol. The van der Waals surface area contributed by atoms with Crippen LogP contribution in [0.25, 0.3) is 0 Å². The zero-order chi connectivity index (χ0) is 27.7. The number of guanidine groups is 1. The van der Waals surface area contributed by atoms with Gasteiger partial charge in [0.05, 0.1) is 5.54 Å². The number of aromatic nitrogens is 2. The van der Waals surface area contributed by atoms with Crippen molar-refractivity contribution in [1.29, 1.82) is 0 Å². The standard InChI is InChI=1S/C24H33ClN10O3/c1-13(2)29-22(37)30-15-6-4-5-14(11-15)23(3,38)35-9-7-24(8-10-35)12-28-21(34-24)33-20(36)16-18(26)32-19(27)17(25)31-16/h4-6,11,13,38H,7-10,12H2,1-3H3,(H4,26,27,32)(H2,29,30,37)(H2,28,33,34,36). The molecule has 2 saturated heterocycles. The molecule has 2 aliphatic rings. The Balaban J connectivity index is 1.39. The van der Waals surface area contributed by atoms with E-state index < -0.39 is 11.6 Å². The van der Waals surface area contributed by atoms with Crippen molar-refractivity contribution in [2.24, 2.45) is 4.99 Å². The van der Waals surface area contributed by atoms with E-state index >= 15 is 0 Å². The van der Waals surface area contributed by atoms with Crippen molar-refractivity contribution in [2.75, 3.05) is 36.4 Å². The Hall–Kier alpha value is -3.68. The third-order valence-electron chi connectivity index (χ3n) is 6.72. The summed E-state index contributed by atoms with van der Waals surface area (Å²) in [6.07, 6.45) is 1.38. The second-order valence-electron chi connectivity index (χ2n) is 10.00. The van der Waals surface area contributed by atoms with E-state index in [0.717, 1.165) is 0 Å². The zero-order valence-electron chi connectivity index (χ0n) is 21.5. The number of rotatable bonds is 5. The number of nitrogens with one attached hydrogen (secondary N) is 4. The lowest BCUT2D eigenvalue weighted by Crippen LogP contribution is -2.57. The Bertz CT molecular complexity index is 1260. The van der Waals surface area contributed by atoms with Gasteiger partial charge in [-0.2, -0.15) is 4.99 Å². The highest BCUT2D eigenvalue weighted by Gasteiger charge is 2.43. The fraction of sp³-hybridized carbons (Fsp3) is 0.458. The number of aliphatic imine (C=N–C) groups is 1. The first-order valence-electron chi connectivity index (χ1n) is 12.3. The highest BCUT2D eigenvalue weighted by atomic mass is 35.5. The number of nitrogens with zero attached hydrogens (tertiary/aromatic N) is 4. The second kappa shape index (κ2) is 10.6. The molecule has 13 nitrogen and oxygen atoms in total. The molecule has 3 amide bonds. The van der Waals surface area contributed by atoms with E-state index in [4.69, 9.17) is 23.1 Å². The van der Waals surface area contributed by atoms with E-state index in [1.165, 1.54) is 0 Å². The lowest BCUT2D eigenvalue weighted by Gasteiger charge is -2.45. The van der Waals surface area contributed by atoms with Crippen LogP contribution >= 0.6 is 11.6 Å². The molecule has 1 unspecified atom stereocenters. The van der Waals surface area contributed by atoms with Gasteiger partial charge in [-0.25, -0.2) is 14.8 Å². The number of carbonyl (C=O) groups is 2. The number of carbonyl (C=O) groups excluding carboxylic acids is 2. The molecule has 0 saturated carbocycles. The van der Waals surface area contributed by atoms with Gasteiger partial charge in [0, 0.05) is 36.9 Å². The number of nitrogens with two attached hydrogens (primary N) is 2. The summed E-state index contributed by atoms with van der Waals surface area (Å²) in [6, 6.07) is 6.88. The van der Waals surface area contributed by atoms with Crippen molar-refractivity contribution < 1.29 is 14.7 Å². The summed E-state index contributed by atoms with van der Waals surface area (Å²) in [6.45, 7) is 7.23. The second-order valence-corrected chi connectivity index (χ2v) is 10.4. The molecule has 2 fully saturated rings. The Kier molecular flexibility index (Phi) is 7.63. The molecule has 9 N–H and O–H groups in total. The van der Waals surface area contributed by atoms with Gasteiger partial charge in [-0.1, -0.05) is 23.7 Å². The lowest BCUT2D eigenvalue weighted by molar-refractivity contribution is -0.116. The molecular formula is C24H33ClN10O3. The summed E-state index contributed by atoms with van der Waals surface area (Å²) in [5.41, 5.74) is 10.8. The highest BCUT2D eigenvalue weighted by Crippen LogP contribution is 2.33. The van der Waals surface area contributed by atoms with Crippen molar-refractivity contribution in [3.63, 3.8) is 0 Å². The number of likely N-dealkylation sites (tertiary alicyclic amines) is 1. The van der Waals surface area contributed by atoms with Crippen LogP contribution in [-0.2, 0) is 5.72 Å². The Morgan fingerprint density at radius 3 is 2.63 bits per heavy atom. The largest absolute Gasteiger partial charge is 0.382 e. The van der Waals surface area contributed by atoms with Crippen LogP contribution < -0.4 is 32.7 Å². The number of amides is 3. The first kappa shape index (κ1) is 27.4. The summed E-state index contributed by atoms with van der Waals surface area (Å²) in [7, 11) is 0. The van der Waals surface area contributed by atoms with Gasteiger partial charge >= 0.3 is 11.9 Å². The normalized spacial score (nSPS) is 19.6. The minimum Gasteiger partial charge on any atom is -0.382 e. The van der Waals surface area contributed by atoms with E-state index in [1.54, 1.807) is 25.1 Å². The van der Waals surface area contributed by atoms with E-state index in [0.29, 0.717) is 49.7 Å². The third-order valence-corrected chi connectivity index (χ3v) is 7.00. The number of anilines is 3. The summed E-state index contributed by atoms with van der Waals surface area (Å²) >= 11 is 5.87. The van der Waals surface area contributed by atoms with E-state index in [2.05, 4.69) is 36.2 Å². The molecule has 0 radical (unpaired) electrons. The molecule has 0 bridgehead atoms. The molecule has 1 atom stereocenters. The number of piperidine rings is 1. The average Bonchev–Trinajstić information content (AvgIpc) is 3.22. The van der Waals surface area contributed by atoms with Gasteiger partial charge in [-0.05, 0) is 45.7 Å². The molecule has 1 aromatic carbocycles. The summed E-state index contributed by atoms with van der Waals surface area (Å²) in [5.74, 6) is -0.598. The molecule has 38 heavy (non-hydrogen) atoms. The number of hydrogen-bond acceptors (Lipinski definition) is 8. The van der Waals surface area contributed by atoms with Gasteiger partial charge in [-0.15, -0.1) is 0 Å². The van der Waals surface area contributed by atoms with Gasteiger partial charge in [0.1, 0.15) is 5.72 Å². The van der Waals surface area contributed by atoms with Crippen molar-refractivity contribution in [1.82, 2.24) is 30.8 Å². The molecule has 2 aliphatic heterocycles. The van der Waals surface area contributed by atoms with Gasteiger partial charge in [0.15, 0.2) is 28.4 Å². The topological polar surface area (TPSA) is 196 Å². The van der Waals surface area contributed by atoms with Crippen LogP contribution in [-0.4, -0.2) is 69.1 Å². The van der Waals surface area contributed by atoms with Crippen molar-refractivity contribution >= 4 is 46.8 Å². The Morgan fingerprint density at radius 1 is 1.24 bits per heavy atom. The van der Waals surface area contributed by atoms with Gasteiger partial charge < -0.3 is 37.8 Å². The van der Waals surface area contributed by atoms with Crippen molar-refractivity contribution in [2.45, 2.75) is 50.9 Å². The molecule has 3 heterocycles. The van der Waals surface area contributed by atoms with Crippen molar-refractivity contribution in [3.8, 4) is 0 Å². The molecule has 204 valence electrons. The maximum Gasteiger partial charge on any atom is 0.319 e. The van der Waals surface area contributed by atoms with Crippen molar-refractivity contribution in [3.05, 3.63) is 40.7 Å². The van der Waals surface area contributed by atoms with E-state index in [1.807, 2.05) is 24.8 Å². The smallest absolute Gasteiger partial charge is 0.319 e. The summed E-state index contributed by atoms with van der Waals surface area (Å²) < 4.78 is 0. The van der Waals surface area contributed by atoms with E-state index in [9.17, 15) is 14.7 Å². The maximum atomic E-state index is 12.6. The fourth-order valence-electron chi connectivity index (χ4n) is 4.59. The molecule has 14 heteroatoms. The van der Waals surface area contributed by atoms with Gasteiger partial charge in [0.2, 0.25) is 0 Å². The monoisotopic (exact) mass is 544 g/mol. The number of aliphatic hydroxyl groups is 1. The number of benzene rings is 1. The van der Waals surface area contributed by atoms with Crippen LogP contribution in [0, 0.1) is 0 Å². The summed E-state index contributed by atoms with van der Waals surface area (Å²) in [4.78, 5) is 38.5. The minimum atomic E-state index is -1.25. The quantitative estimate of drug-likeness (QED) is 0.287. The molecule has 0 aliphatic carbocycles. The SMILES string of the molecule is CC(C)NC(=O)Nc1cccc(C(C)(O)N2CCC3(CC2)CN/C(=N\C(=O)c2nc(Cl)c(N)nc2N)N3)c1. The Labute approximate surface area is 225 Å². The molecule has 1 aromatic heterocycles. The van der Waals surface area contributed by atoms with Gasteiger partial charge in [0.25, 0.3) is 0 Å². The van der Waals surface area contributed by atoms with Crippen LogP contribution in [0.2, 0.25) is 5.15 Å². The predicted octanol–water partition coefficient (Wildman–Crippen LogP) is 1.21. The number of urea groups is 1. The van der Waals surface area contributed by atoms with Gasteiger partial charge in [-0.3, -0.25) is 9.69 Å².